The van der Waals surface area contributed by atoms with Crippen LogP contribution in [-0.2, 0) is 0 Å². The average Bonchev–Trinajstić information content (AvgIpc) is 2.81. The number of carbonyl (C=O) groups is 1. The molecule has 0 aliphatic carbocycles. The average molecular weight is 477 g/mol. The molecule has 3 N–H and O–H groups in total. The molecule has 2 aromatic heterocycles. The van der Waals surface area contributed by atoms with Gasteiger partial charge in [0.15, 0.2) is 5.65 Å². The molecule has 9 nitrogen and oxygen atoms in total. The highest BCUT2D eigenvalue weighted by atomic mass is 16.5. The van der Waals surface area contributed by atoms with Crippen LogP contribution in [0.4, 0.5) is 16.6 Å². The number of terminal acetylenes is 1. The first-order valence-electron chi connectivity index (χ1n) is 11.4. The Hall–Kier alpha value is -4.06. The van der Waals surface area contributed by atoms with E-state index in [1.807, 2.05) is 39.0 Å². The van der Waals surface area contributed by atoms with Gasteiger partial charge in [-0.25, -0.2) is 14.8 Å². The second-order valence-corrected chi connectivity index (χ2v) is 9.01. The topological polar surface area (TPSA) is 110 Å². The van der Waals surface area contributed by atoms with Gasteiger partial charge in [0.05, 0.1) is 14.2 Å². The molecule has 0 fully saturated rings. The van der Waals surface area contributed by atoms with Crippen molar-refractivity contribution in [2.75, 3.05) is 31.4 Å². The van der Waals surface area contributed by atoms with Crippen molar-refractivity contribution in [3.05, 3.63) is 30.5 Å². The Morgan fingerprint density at radius 1 is 1.06 bits per heavy atom. The number of amides is 2. The maximum Gasteiger partial charge on any atom is 0.320 e. The van der Waals surface area contributed by atoms with E-state index < -0.39 is 5.54 Å². The Morgan fingerprint density at radius 2 is 1.77 bits per heavy atom. The van der Waals surface area contributed by atoms with Gasteiger partial charge in [0.25, 0.3) is 0 Å². The van der Waals surface area contributed by atoms with Crippen LogP contribution in [0.1, 0.15) is 40.0 Å². The number of carbonyl (C=O) groups excluding carboxylic acids is 1. The lowest BCUT2D eigenvalue weighted by Crippen LogP contribution is -2.43. The molecule has 3 rings (SSSR count). The molecule has 0 aliphatic heterocycles. The molecule has 2 heterocycles. The molecule has 9 heteroatoms. The zero-order valence-electron chi connectivity index (χ0n) is 20.9. The van der Waals surface area contributed by atoms with Gasteiger partial charge < -0.3 is 20.1 Å². The molecule has 3 aromatic rings. The Balaban J connectivity index is 2.01. The van der Waals surface area contributed by atoms with Crippen LogP contribution in [0, 0.1) is 12.3 Å². The smallest absolute Gasteiger partial charge is 0.320 e. The van der Waals surface area contributed by atoms with E-state index >= 15 is 0 Å². The molecule has 0 spiro atoms. The quantitative estimate of drug-likeness (QED) is 0.299. The molecular formula is C26H32N6O3. The molecule has 35 heavy (non-hydrogen) atoms. The minimum Gasteiger partial charge on any atom is -0.497 e. The molecule has 0 atom stereocenters. The predicted molar refractivity (Wildman–Crippen MR) is 139 cm³/mol. The zero-order chi connectivity index (χ0) is 25.4. The highest BCUT2D eigenvalue weighted by Gasteiger charge is 2.18. The molecule has 0 aliphatic rings. The second kappa shape index (κ2) is 11.4. The minimum atomic E-state index is -0.418. The number of aromatic nitrogens is 3. The van der Waals surface area contributed by atoms with Crippen LogP contribution >= 0.6 is 0 Å². The zero-order valence-corrected chi connectivity index (χ0v) is 20.9. The first-order chi connectivity index (χ1) is 16.7. The fourth-order valence-electron chi connectivity index (χ4n) is 3.36. The number of methoxy groups -OCH3 is 2. The van der Waals surface area contributed by atoms with Crippen molar-refractivity contribution in [3.63, 3.8) is 0 Å². The highest BCUT2D eigenvalue weighted by Crippen LogP contribution is 2.35. The van der Waals surface area contributed by atoms with Crippen molar-refractivity contribution in [2.24, 2.45) is 0 Å². The maximum absolute atomic E-state index is 12.7. The summed E-state index contributed by atoms with van der Waals surface area (Å²) in [5.74, 6) is 4.69. The number of nitrogens with zero attached hydrogens (tertiary/aromatic N) is 3. The monoisotopic (exact) mass is 476 g/mol. The molecule has 0 saturated carbocycles. The summed E-state index contributed by atoms with van der Waals surface area (Å²) in [7, 11) is 3.17. The summed E-state index contributed by atoms with van der Waals surface area (Å²) in [5, 5.41) is 9.70. The largest absolute Gasteiger partial charge is 0.497 e. The fourth-order valence-corrected chi connectivity index (χ4v) is 3.36. The molecule has 184 valence electrons. The lowest BCUT2D eigenvalue weighted by atomic mass is 10.0. The Morgan fingerprint density at radius 3 is 2.40 bits per heavy atom. The Bertz CT molecular complexity index is 1210. The molecule has 0 bridgehead atoms. The van der Waals surface area contributed by atoms with Crippen molar-refractivity contribution in [3.8, 4) is 35.0 Å². The van der Waals surface area contributed by atoms with Gasteiger partial charge in [-0.1, -0.05) is 0 Å². The SMILES string of the molecule is C#CCCCCNc1ncc2cc(-c3cc(OC)cc(OC)c3)c(NC(=O)NC(C)(C)C)nc2n1. The number of nitrogens with one attached hydrogen (secondary N) is 3. The molecule has 0 radical (unpaired) electrons. The summed E-state index contributed by atoms with van der Waals surface area (Å²) in [6.07, 6.45) is 9.59. The third-order valence-electron chi connectivity index (χ3n) is 4.98. The van der Waals surface area contributed by atoms with Gasteiger partial charge in [-0.3, -0.25) is 5.32 Å². The number of pyridine rings is 1. The van der Waals surface area contributed by atoms with E-state index in [0.717, 1.165) is 30.2 Å². The van der Waals surface area contributed by atoms with E-state index in [9.17, 15) is 4.79 Å². The maximum atomic E-state index is 12.7. The number of hydrogen-bond donors (Lipinski definition) is 3. The van der Waals surface area contributed by atoms with Gasteiger partial charge in [-0.05, 0) is 57.4 Å². The molecule has 2 amide bonds. The van der Waals surface area contributed by atoms with Crippen LogP contribution in [0.3, 0.4) is 0 Å². The lowest BCUT2D eigenvalue weighted by Gasteiger charge is -2.21. The van der Waals surface area contributed by atoms with E-state index in [2.05, 4.69) is 36.8 Å². The van der Waals surface area contributed by atoms with Crippen LogP contribution in [0.25, 0.3) is 22.2 Å². The summed E-state index contributed by atoms with van der Waals surface area (Å²) in [6.45, 7) is 6.42. The van der Waals surface area contributed by atoms with Crippen molar-refractivity contribution in [1.29, 1.82) is 0 Å². The number of unbranched alkanes of at least 4 members (excludes halogenated alkanes) is 2. The van der Waals surface area contributed by atoms with E-state index in [1.54, 1.807) is 26.5 Å². The molecule has 0 saturated heterocycles. The first kappa shape index (κ1) is 25.6. The van der Waals surface area contributed by atoms with E-state index in [0.29, 0.717) is 41.0 Å². The normalized spacial score (nSPS) is 11.0. The number of hydrogen-bond acceptors (Lipinski definition) is 7. The van der Waals surface area contributed by atoms with Crippen molar-refractivity contribution >= 4 is 28.8 Å². The summed E-state index contributed by atoms with van der Waals surface area (Å²) in [6, 6.07) is 7.00. The summed E-state index contributed by atoms with van der Waals surface area (Å²) < 4.78 is 10.9. The summed E-state index contributed by atoms with van der Waals surface area (Å²) in [5.41, 5.74) is 1.48. The van der Waals surface area contributed by atoms with Crippen LogP contribution in [-0.4, -0.2) is 47.3 Å². The minimum absolute atomic E-state index is 0.355. The van der Waals surface area contributed by atoms with Crippen molar-refractivity contribution in [1.82, 2.24) is 20.3 Å². The van der Waals surface area contributed by atoms with Gasteiger partial charge in [-0.2, -0.15) is 4.98 Å². The Kier molecular flexibility index (Phi) is 8.31. The molecule has 0 unspecified atom stereocenters. The molecular weight excluding hydrogens is 444 g/mol. The number of fused-ring (bicyclic) bond motifs is 1. The first-order valence-corrected chi connectivity index (χ1v) is 11.4. The van der Waals surface area contributed by atoms with E-state index in [4.69, 9.17) is 15.9 Å². The highest BCUT2D eigenvalue weighted by molar-refractivity contribution is 5.96. The van der Waals surface area contributed by atoms with Gasteiger partial charge in [0.1, 0.15) is 17.3 Å². The van der Waals surface area contributed by atoms with Crippen molar-refractivity contribution < 1.29 is 14.3 Å². The van der Waals surface area contributed by atoms with E-state index in [1.165, 1.54) is 0 Å². The second-order valence-electron chi connectivity index (χ2n) is 9.01. The van der Waals surface area contributed by atoms with Crippen LogP contribution in [0.2, 0.25) is 0 Å². The van der Waals surface area contributed by atoms with Gasteiger partial charge in [-0.15, -0.1) is 12.3 Å². The van der Waals surface area contributed by atoms with Gasteiger partial charge in [0.2, 0.25) is 5.95 Å². The Labute approximate surface area is 206 Å². The third-order valence-corrected chi connectivity index (χ3v) is 4.98. The molecule has 1 aromatic carbocycles. The van der Waals surface area contributed by atoms with Crippen LogP contribution < -0.4 is 25.4 Å². The fraction of sp³-hybridized carbons (Fsp3) is 0.385. The summed E-state index contributed by atoms with van der Waals surface area (Å²) >= 11 is 0. The van der Waals surface area contributed by atoms with Crippen LogP contribution in [0.5, 0.6) is 11.5 Å². The lowest BCUT2D eigenvalue weighted by molar-refractivity contribution is 0.243. The summed E-state index contributed by atoms with van der Waals surface area (Å²) in [4.78, 5) is 26.4. The van der Waals surface area contributed by atoms with Gasteiger partial charge in [0, 0.05) is 41.7 Å². The van der Waals surface area contributed by atoms with Crippen molar-refractivity contribution in [2.45, 2.75) is 45.6 Å². The predicted octanol–water partition coefficient (Wildman–Crippen LogP) is 4.84. The van der Waals surface area contributed by atoms with Crippen LogP contribution in [0.15, 0.2) is 30.5 Å². The van der Waals surface area contributed by atoms with E-state index in [-0.39, 0.29) is 6.03 Å². The third kappa shape index (κ3) is 7.21. The number of anilines is 2. The number of rotatable bonds is 9. The number of urea groups is 1. The van der Waals surface area contributed by atoms with Gasteiger partial charge >= 0.3 is 6.03 Å². The standard InChI is InChI=1S/C26H32N6O3/c1-7-8-9-10-11-27-24-28-16-18-14-21(17-12-19(34-5)15-20(13-17)35-6)23(29-22(18)30-24)31-25(33)32-26(2,3)4/h1,12-16H,8-11H2,2-6H3,(H3,27,28,29,30,31,32,33). The number of ether oxygens (including phenoxy) is 2. The number of benzene rings is 1.